The molecule has 2 aliphatic heterocycles. The molecule has 2 aliphatic rings. The Labute approximate surface area is 300 Å². The van der Waals surface area contributed by atoms with Crippen LogP contribution in [0.4, 0.5) is 25.8 Å². The second-order valence-electron chi connectivity index (χ2n) is 12.8. The lowest BCUT2D eigenvalue weighted by Gasteiger charge is -2.23. The number of benzene rings is 4. The van der Waals surface area contributed by atoms with Crippen LogP contribution in [0.25, 0.3) is 33.3 Å². The van der Waals surface area contributed by atoms with Gasteiger partial charge in [-0.15, -0.1) is 0 Å². The lowest BCUT2D eigenvalue weighted by Crippen LogP contribution is -2.43. The molecule has 12 nitrogen and oxygen atoms in total. The minimum absolute atomic E-state index is 0.130. The average molecular weight is 702 g/mol. The summed E-state index contributed by atoms with van der Waals surface area (Å²) in [6, 6.07) is 29.3. The van der Waals surface area contributed by atoms with E-state index in [2.05, 4.69) is 15.6 Å². The highest BCUT2D eigenvalue weighted by molar-refractivity contribution is 6.07. The molecule has 5 aromatic rings. The smallest absolute Gasteiger partial charge is 0.420 e. The van der Waals surface area contributed by atoms with Gasteiger partial charge in [0.2, 0.25) is 5.91 Å². The number of nitrogens with zero attached hydrogens (tertiary/aromatic N) is 2. The Morgan fingerprint density at radius 3 is 2.35 bits per heavy atom. The summed E-state index contributed by atoms with van der Waals surface area (Å²) in [5.41, 5.74) is 5.94. The molecule has 0 saturated carbocycles. The Bertz CT molecular complexity index is 2110. The zero-order valence-electron chi connectivity index (χ0n) is 28.7. The first kappa shape index (κ1) is 34.2. The van der Waals surface area contributed by atoms with Gasteiger partial charge < -0.3 is 29.4 Å². The fourth-order valence-electron chi connectivity index (χ4n) is 6.79. The Balaban J connectivity index is 1.14. The summed E-state index contributed by atoms with van der Waals surface area (Å²) in [4.78, 5) is 58.1. The molecule has 7 rings (SSSR count). The molecular weight excluding hydrogens is 662 g/mol. The summed E-state index contributed by atoms with van der Waals surface area (Å²) in [7, 11) is 1.61. The van der Waals surface area contributed by atoms with Crippen LogP contribution in [-0.2, 0) is 20.9 Å². The van der Waals surface area contributed by atoms with Crippen LogP contribution in [0.2, 0.25) is 0 Å². The number of hydrogen-bond acceptors (Lipinski definition) is 7. The van der Waals surface area contributed by atoms with Gasteiger partial charge in [-0.3, -0.25) is 15.0 Å². The van der Waals surface area contributed by atoms with Crippen LogP contribution in [0.5, 0.6) is 5.75 Å². The van der Waals surface area contributed by atoms with Crippen LogP contribution in [0.1, 0.15) is 31.2 Å². The van der Waals surface area contributed by atoms with Gasteiger partial charge in [-0.1, -0.05) is 54.6 Å². The van der Waals surface area contributed by atoms with E-state index in [0.717, 1.165) is 51.7 Å². The maximum atomic E-state index is 13.6. The molecular formula is C40H39N5O7. The van der Waals surface area contributed by atoms with E-state index in [1.54, 1.807) is 25.3 Å². The fourth-order valence-corrected chi connectivity index (χ4v) is 6.79. The number of H-pyrrole nitrogens is 1. The number of hydrogen-bond donors (Lipinski definition) is 3. The molecule has 4 amide bonds. The van der Waals surface area contributed by atoms with Gasteiger partial charge in [0.25, 0.3) is 0 Å². The minimum atomic E-state index is -0.857. The average Bonchev–Trinajstić information content (AvgIpc) is 3.95. The van der Waals surface area contributed by atoms with E-state index in [4.69, 9.17) is 14.2 Å². The molecule has 2 saturated heterocycles. The highest BCUT2D eigenvalue weighted by atomic mass is 16.6. The standard InChI is InChI=1S/C40H39N5O7/c1-50-31-15-8-12-27(23-31)35-32-24-30(41-37(46)34-16-9-21-45(34)40(49)51-25-26-10-3-2-4-11-26)17-18-33(32)43-36(35)28-13-7-14-29(22-28)42-38(47)52-39(48)44-19-5-6-20-44/h2-4,7-8,10-15,17-18,22-24,34,43H,5-6,9,16,19-21,25H2,1H3,(H,41,46)(H,42,47)/t34-/m0/s1. The van der Waals surface area contributed by atoms with Crippen molar-refractivity contribution < 1.29 is 33.4 Å². The van der Waals surface area contributed by atoms with Crippen LogP contribution >= 0.6 is 0 Å². The van der Waals surface area contributed by atoms with Crippen molar-refractivity contribution in [2.75, 3.05) is 37.4 Å². The number of nitrogens with one attached hydrogen (secondary N) is 3. The van der Waals surface area contributed by atoms with Gasteiger partial charge in [0.15, 0.2) is 0 Å². The summed E-state index contributed by atoms with van der Waals surface area (Å²) in [5.74, 6) is 0.379. The highest BCUT2D eigenvalue weighted by Crippen LogP contribution is 2.41. The summed E-state index contributed by atoms with van der Waals surface area (Å²) in [6.07, 6.45) is 0.964. The maximum absolute atomic E-state index is 13.6. The Hall–Kier alpha value is -6.30. The predicted molar refractivity (Wildman–Crippen MR) is 197 cm³/mol. The number of carbonyl (C=O) groups is 4. The number of fused-ring (bicyclic) bond motifs is 1. The Morgan fingerprint density at radius 2 is 1.54 bits per heavy atom. The summed E-state index contributed by atoms with van der Waals surface area (Å²) in [6.45, 7) is 1.71. The number of anilines is 2. The third-order valence-electron chi connectivity index (χ3n) is 9.36. The van der Waals surface area contributed by atoms with Crippen molar-refractivity contribution in [3.63, 3.8) is 0 Å². The van der Waals surface area contributed by atoms with Crippen LogP contribution in [0.3, 0.4) is 0 Å². The van der Waals surface area contributed by atoms with Crippen LogP contribution in [0.15, 0.2) is 97.1 Å². The Morgan fingerprint density at radius 1 is 0.769 bits per heavy atom. The van der Waals surface area contributed by atoms with Gasteiger partial charge in [-0.05, 0) is 79.3 Å². The first-order valence-corrected chi connectivity index (χ1v) is 17.3. The van der Waals surface area contributed by atoms with Crippen LogP contribution in [0, 0.1) is 0 Å². The molecule has 3 heterocycles. The molecule has 0 aliphatic carbocycles. The molecule has 3 N–H and O–H groups in total. The van der Waals surface area contributed by atoms with Gasteiger partial charge in [0, 0.05) is 53.0 Å². The number of methoxy groups -OCH3 is 1. The van der Waals surface area contributed by atoms with Gasteiger partial charge in [0.05, 0.1) is 12.8 Å². The van der Waals surface area contributed by atoms with E-state index in [9.17, 15) is 19.2 Å². The molecule has 266 valence electrons. The molecule has 0 bridgehead atoms. The van der Waals surface area contributed by atoms with E-state index in [1.165, 1.54) is 9.80 Å². The number of aromatic nitrogens is 1. The lowest BCUT2D eigenvalue weighted by molar-refractivity contribution is -0.120. The largest absolute Gasteiger partial charge is 0.497 e. The highest BCUT2D eigenvalue weighted by Gasteiger charge is 2.35. The molecule has 12 heteroatoms. The first-order chi connectivity index (χ1) is 25.4. The fraction of sp³-hybridized carbons (Fsp3) is 0.250. The molecule has 4 aromatic carbocycles. The predicted octanol–water partition coefficient (Wildman–Crippen LogP) is 8.01. The molecule has 0 spiro atoms. The zero-order chi connectivity index (χ0) is 36.0. The van der Waals surface area contributed by atoms with E-state index in [1.807, 2.05) is 78.9 Å². The van der Waals surface area contributed by atoms with E-state index in [0.29, 0.717) is 49.6 Å². The van der Waals surface area contributed by atoms with E-state index < -0.39 is 24.3 Å². The monoisotopic (exact) mass is 701 g/mol. The number of amides is 4. The summed E-state index contributed by atoms with van der Waals surface area (Å²) < 4.78 is 16.1. The van der Waals surface area contributed by atoms with Gasteiger partial charge in [-0.2, -0.15) is 0 Å². The molecule has 1 atom stereocenters. The minimum Gasteiger partial charge on any atom is -0.497 e. The van der Waals surface area contributed by atoms with E-state index in [-0.39, 0.29) is 12.5 Å². The van der Waals surface area contributed by atoms with Crippen molar-refractivity contribution in [1.29, 1.82) is 0 Å². The quantitative estimate of drug-likeness (QED) is 0.139. The maximum Gasteiger partial charge on any atom is 0.420 e. The van der Waals surface area contributed by atoms with Gasteiger partial charge in [0.1, 0.15) is 18.4 Å². The van der Waals surface area contributed by atoms with Gasteiger partial charge >= 0.3 is 18.3 Å². The van der Waals surface area contributed by atoms with Crippen molar-refractivity contribution in [3.05, 3.63) is 103 Å². The number of aromatic amines is 1. The van der Waals surface area contributed by atoms with Crippen molar-refractivity contribution >= 4 is 46.5 Å². The molecule has 1 aromatic heterocycles. The normalized spacial score (nSPS) is 15.4. The van der Waals surface area contributed by atoms with Crippen LogP contribution in [-0.4, -0.2) is 71.8 Å². The second kappa shape index (κ2) is 15.3. The van der Waals surface area contributed by atoms with Crippen LogP contribution < -0.4 is 15.4 Å². The second-order valence-corrected chi connectivity index (χ2v) is 12.8. The number of ether oxygens (including phenoxy) is 3. The van der Waals surface area contributed by atoms with Crippen molar-refractivity contribution in [3.8, 4) is 28.1 Å². The molecule has 0 unspecified atom stereocenters. The molecule has 52 heavy (non-hydrogen) atoms. The zero-order valence-corrected chi connectivity index (χ0v) is 28.7. The number of rotatable bonds is 8. The molecule has 0 radical (unpaired) electrons. The van der Waals surface area contributed by atoms with Crippen molar-refractivity contribution in [2.45, 2.75) is 38.3 Å². The van der Waals surface area contributed by atoms with Gasteiger partial charge in [-0.25, -0.2) is 14.4 Å². The molecule has 2 fully saturated rings. The topological polar surface area (TPSA) is 142 Å². The first-order valence-electron chi connectivity index (χ1n) is 17.3. The van der Waals surface area contributed by atoms with Crippen molar-refractivity contribution in [2.24, 2.45) is 0 Å². The Kier molecular flexibility index (Phi) is 10.1. The van der Waals surface area contributed by atoms with E-state index >= 15 is 0 Å². The number of carbonyl (C=O) groups excluding carboxylic acids is 4. The summed E-state index contributed by atoms with van der Waals surface area (Å²) in [5, 5.41) is 6.54. The SMILES string of the molecule is COc1cccc(-c2c(-c3cccc(NC(=O)OC(=O)N4CCCC4)c3)[nH]c3ccc(NC(=O)[C@@H]4CCCN4C(=O)OCc4ccccc4)cc23)c1. The number of likely N-dealkylation sites (tertiary alicyclic amines) is 2. The third kappa shape index (κ3) is 7.55. The summed E-state index contributed by atoms with van der Waals surface area (Å²) >= 11 is 0. The lowest BCUT2D eigenvalue weighted by atomic mass is 9.97. The van der Waals surface area contributed by atoms with Crippen molar-refractivity contribution in [1.82, 2.24) is 14.8 Å². The third-order valence-corrected chi connectivity index (χ3v) is 9.36.